The lowest BCUT2D eigenvalue weighted by Crippen LogP contribution is -2.19. The molecule has 0 saturated heterocycles. The maximum atomic E-state index is 12.4. The molecule has 0 aliphatic carbocycles. The minimum atomic E-state index is -3.75. The van der Waals surface area contributed by atoms with Gasteiger partial charge >= 0.3 is 0 Å². The third kappa shape index (κ3) is 5.05. The van der Waals surface area contributed by atoms with Gasteiger partial charge < -0.3 is 15.2 Å². The molecule has 0 aliphatic rings. The number of nitrogens with zero attached hydrogens (tertiary/aromatic N) is 1. The van der Waals surface area contributed by atoms with E-state index in [4.69, 9.17) is 16.7 Å². The van der Waals surface area contributed by atoms with E-state index in [2.05, 4.69) is 20.5 Å². The van der Waals surface area contributed by atoms with Crippen molar-refractivity contribution in [3.05, 3.63) is 65.9 Å². The average Bonchev–Trinajstić information content (AvgIpc) is 3.01. The second kappa shape index (κ2) is 7.77. The first kappa shape index (κ1) is 18.9. The molecule has 9 heteroatoms. The zero-order valence-electron chi connectivity index (χ0n) is 14.7. The maximum Gasteiger partial charge on any atom is 0.263 e. The lowest BCUT2D eigenvalue weighted by molar-refractivity contribution is 0.400. The van der Waals surface area contributed by atoms with Crippen LogP contribution in [0, 0.1) is 13.8 Å². The predicted octanol–water partition coefficient (Wildman–Crippen LogP) is 3.90. The molecule has 0 atom stereocenters. The fourth-order valence-corrected chi connectivity index (χ4v) is 3.48. The van der Waals surface area contributed by atoms with Crippen molar-refractivity contribution in [1.82, 2.24) is 5.16 Å². The summed E-state index contributed by atoms with van der Waals surface area (Å²) in [5.74, 6) is 0.653. The number of aryl methyl sites for hydroxylation is 2. The third-order valence-electron chi connectivity index (χ3n) is 3.60. The Morgan fingerprint density at radius 1 is 0.963 bits per heavy atom. The molecular formula is C18H18N4O3S2. The van der Waals surface area contributed by atoms with Gasteiger partial charge in [0.2, 0.25) is 0 Å². The summed E-state index contributed by atoms with van der Waals surface area (Å²) in [6.45, 7) is 3.69. The summed E-state index contributed by atoms with van der Waals surface area (Å²) in [7, 11) is -3.75. The first-order valence-corrected chi connectivity index (χ1v) is 9.92. The molecule has 0 fully saturated rings. The van der Waals surface area contributed by atoms with Crippen LogP contribution in [0.2, 0.25) is 0 Å². The van der Waals surface area contributed by atoms with Crippen LogP contribution < -0.4 is 15.4 Å². The van der Waals surface area contributed by atoms with Gasteiger partial charge in [0.25, 0.3) is 10.0 Å². The average molecular weight is 403 g/mol. The lowest BCUT2D eigenvalue weighted by atomic mass is 10.2. The molecule has 1 heterocycles. The van der Waals surface area contributed by atoms with Crippen molar-refractivity contribution in [1.29, 1.82) is 0 Å². The zero-order chi connectivity index (χ0) is 19.4. The molecule has 3 rings (SSSR count). The first-order valence-electron chi connectivity index (χ1n) is 8.03. The van der Waals surface area contributed by atoms with Crippen LogP contribution in [0.1, 0.15) is 11.3 Å². The molecule has 0 saturated carbocycles. The summed E-state index contributed by atoms with van der Waals surface area (Å²) in [5.41, 5.74) is 2.69. The van der Waals surface area contributed by atoms with E-state index in [1.807, 2.05) is 31.2 Å². The lowest BCUT2D eigenvalue weighted by Gasteiger charge is -2.11. The molecule has 0 aliphatic heterocycles. The Morgan fingerprint density at radius 3 is 2.04 bits per heavy atom. The Bertz CT molecular complexity index is 1040. The van der Waals surface area contributed by atoms with Crippen LogP contribution in [-0.4, -0.2) is 18.7 Å². The molecule has 2 aromatic carbocycles. The number of hydrogen-bond donors (Lipinski definition) is 3. The number of aromatic nitrogens is 1. The first-order chi connectivity index (χ1) is 12.8. The molecule has 1 aromatic heterocycles. The van der Waals surface area contributed by atoms with E-state index in [1.165, 1.54) is 18.2 Å². The van der Waals surface area contributed by atoms with Crippen molar-refractivity contribution in [3.8, 4) is 0 Å². The monoisotopic (exact) mass is 402 g/mol. The van der Waals surface area contributed by atoms with Crippen LogP contribution in [-0.2, 0) is 10.0 Å². The van der Waals surface area contributed by atoms with E-state index in [9.17, 15) is 8.42 Å². The number of sulfonamides is 1. The van der Waals surface area contributed by atoms with E-state index in [-0.39, 0.29) is 10.7 Å². The second-order valence-electron chi connectivity index (χ2n) is 5.90. The quantitative estimate of drug-likeness (QED) is 0.557. The molecule has 3 aromatic rings. The molecule has 0 bridgehead atoms. The van der Waals surface area contributed by atoms with Crippen molar-refractivity contribution in [2.75, 3.05) is 15.4 Å². The maximum absolute atomic E-state index is 12.4. The minimum absolute atomic E-state index is 0.103. The highest BCUT2D eigenvalue weighted by molar-refractivity contribution is 7.92. The smallest absolute Gasteiger partial charge is 0.263 e. The van der Waals surface area contributed by atoms with Gasteiger partial charge in [0.15, 0.2) is 10.9 Å². The van der Waals surface area contributed by atoms with Crippen LogP contribution in [0.5, 0.6) is 0 Å². The van der Waals surface area contributed by atoms with E-state index in [0.29, 0.717) is 16.6 Å². The van der Waals surface area contributed by atoms with Gasteiger partial charge in [-0.1, -0.05) is 22.9 Å². The molecule has 140 valence electrons. The highest BCUT2D eigenvalue weighted by Gasteiger charge is 2.16. The Hall–Kier alpha value is -2.91. The van der Waals surface area contributed by atoms with Crippen molar-refractivity contribution < 1.29 is 12.9 Å². The van der Waals surface area contributed by atoms with Gasteiger partial charge in [-0.15, -0.1) is 0 Å². The summed E-state index contributed by atoms with van der Waals surface area (Å²) < 4.78 is 31.9. The molecule has 3 N–H and O–H groups in total. The van der Waals surface area contributed by atoms with Crippen molar-refractivity contribution >= 4 is 44.5 Å². The van der Waals surface area contributed by atoms with Crippen LogP contribution >= 0.6 is 12.2 Å². The fraction of sp³-hybridized carbons (Fsp3) is 0.111. The molecule has 0 amide bonds. The summed E-state index contributed by atoms with van der Waals surface area (Å²) >= 11 is 5.27. The SMILES string of the molecule is Cc1ccc(NC(=S)Nc2ccc(S(=O)(=O)Nc3cc(C)on3)cc2)cc1. The molecule has 0 unspecified atom stereocenters. The van der Waals surface area contributed by atoms with Crippen LogP contribution in [0.25, 0.3) is 0 Å². The van der Waals surface area contributed by atoms with Gasteiger partial charge in [-0.3, -0.25) is 4.72 Å². The highest BCUT2D eigenvalue weighted by atomic mass is 32.2. The summed E-state index contributed by atoms with van der Waals surface area (Å²) in [6, 6.07) is 15.5. The van der Waals surface area contributed by atoms with Crippen molar-refractivity contribution in [2.45, 2.75) is 18.7 Å². The van der Waals surface area contributed by atoms with Crippen molar-refractivity contribution in [3.63, 3.8) is 0 Å². The largest absolute Gasteiger partial charge is 0.360 e. The van der Waals surface area contributed by atoms with Crippen LogP contribution in [0.15, 0.2) is 64.0 Å². The Morgan fingerprint density at radius 2 is 1.52 bits per heavy atom. The Labute approximate surface area is 162 Å². The molecule has 0 spiro atoms. The zero-order valence-corrected chi connectivity index (χ0v) is 16.3. The predicted molar refractivity (Wildman–Crippen MR) is 110 cm³/mol. The Balaban J connectivity index is 1.64. The third-order valence-corrected chi connectivity index (χ3v) is 5.17. The number of rotatable bonds is 5. The van der Waals surface area contributed by atoms with E-state index < -0.39 is 10.0 Å². The fourth-order valence-electron chi connectivity index (χ4n) is 2.26. The standard InChI is InChI=1S/C18H18N4O3S2/c1-12-3-5-14(6-4-12)19-18(26)20-15-7-9-16(10-8-15)27(23,24)22-17-11-13(2)25-21-17/h3-11H,1-2H3,(H,21,22)(H2,19,20,26). The molecular weight excluding hydrogens is 384 g/mol. The van der Waals surface area contributed by atoms with Gasteiger partial charge in [0.1, 0.15) is 5.76 Å². The molecule has 27 heavy (non-hydrogen) atoms. The summed E-state index contributed by atoms with van der Waals surface area (Å²) in [5, 5.41) is 10.1. The number of nitrogens with one attached hydrogen (secondary N) is 3. The number of hydrogen-bond acceptors (Lipinski definition) is 5. The van der Waals surface area contributed by atoms with Crippen molar-refractivity contribution in [2.24, 2.45) is 0 Å². The number of benzene rings is 2. The highest BCUT2D eigenvalue weighted by Crippen LogP contribution is 2.18. The van der Waals surface area contributed by atoms with E-state index in [1.54, 1.807) is 19.1 Å². The number of anilines is 3. The topological polar surface area (TPSA) is 96.3 Å². The molecule has 7 nitrogen and oxygen atoms in total. The Kier molecular flexibility index (Phi) is 5.43. The van der Waals surface area contributed by atoms with E-state index >= 15 is 0 Å². The minimum Gasteiger partial charge on any atom is -0.360 e. The normalized spacial score (nSPS) is 11.0. The van der Waals surface area contributed by atoms with Crippen LogP contribution in [0.4, 0.5) is 17.2 Å². The van der Waals surface area contributed by atoms with Crippen LogP contribution in [0.3, 0.4) is 0 Å². The summed E-state index contributed by atoms with van der Waals surface area (Å²) in [4.78, 5) is 0.103. The number of thiocarbonyl (C=S) groups is 1. The van der Waals surface area contributed by atoms with Gasteiger partial charge in [0, 0.05) is 17.4 Å². The van der Waals surface area contributed by atoms with Gasteiger partial charge in [-0.05, 0) is 62.5 Å². The summed E-state index contributed by atoms with van der Waals surface area (Å²) in [6.07, 6.45) is 0. The van der Waals surface area contributed by atoms with Gasteiger partial charge in [-0.2, -0.15) is 0 Å². The van der Waals surface area contributed by atoms with E-state index in [0.717, 1.165) is 11.3 Å². The van der Waals surface area contributed by atoms with Gasteiger partial charge in [0.05, 0.1) is 4.90 Å². The van der Waals surface area contributed by atoms with Gasteiger partial charge in [-0.25, -0.2) is 8.42 Å². The second-order valence-corrected chi connectivity index (χ2v) is 7.99. The molecule has 0 radical (unpaired) electrons.